The van der Waals surface area contributed by atoms with Gasteiger partial charge in [0.15, 0.2) is 0 Å². The van der Waals surface area contributed by atoms with Crippen molar-refractivity contribution in [2.75, 3.05) is 13.6 Å². The molecule has 0 aromatic heterocycles. The molecular formula is C11H22N2. The van der Waals surface area contributed by atoms with Crippen LogP contribution in [0.15, 0.2) is 11.4 Å². The molecule has 1 rings (SSSR count). The first-order valence-corrected chi connectivity index (χ1v) is 5.30. The summed E-state index contributed by atoms with van der Waals surface area (Å²) in [5, 5.41) is 0. The summed E-state index contributed by atoms with van der Waals surface area (Å²) in [6, 6.07) is 0. The molecule has 76 valence electrons. The summed E-state index contributed by atoms with van der Waals surface area (Å²) in [7, 11) is 2.20. The highest BCUT2D eigenvalue weighted by molar-refractivity contribution is 5.15. The molecule has 0 fully saturated rings. The molecular weight excluding hydrogens is 160 g/mol. The van der Waals surface area contributed by atoms with Crippen LogP contribution in [0, 0.1) is 0 Å². The van der Waals surface area contributed by atoms with Gasteiger partial charge >= 0.3 is 0 Å². The molecule has 0 aromatic rings. The predicted octanol–water partition coefficient (Wildman–Crippen LogP) is 2.63. The van der Waals surface area contributed by atoms with Crippen molar-refractivity contribution in [3.8, 4) is 0 Å². The molecule has 0 N–H and O–H groups in total. The molecule has 1 heterocycles. The summed E-state index contributed by atoms with van der Waals surface area (Å²) >= 11 is 0. The van der Waals surface area contributed by atoms with E-state index < -0.39 is 0 Å². The number of hydrogen-bond acceptors (Lipinski definition) is 2. The maximum absolute atomic E-state index is 2.50. The molecule has 2 heteroatoms. The topological polar surface area (TPSA) is 6.48 Å². The van der Waals surface area contributed by atoms with E-state index in [9.17, 15) is 0 Å². The smallest absolute Gasteiger partial charge is 0.101 e. The lowest BCUT2D eigenvalue weighted by Gasteiger charge is -2.31. The molecule has 0 amide bonds. The third-order valence-electron chi connectivity index (χ3n) is 3.18. The van der Waals surface area contributed by atoms with Crippen molar-refractivity contribution in [2.45, 2.75) is 46.7 Å². The zero-order valence-corrected chi connectivity index (χ0v) is 9.59. The fourth-order valence-corrected chi connectivity index (χ4v) is 2.17. The normalized spacial score (nSPS) is 23.3. The summed E-state index contributed by atoms with van der Waals surface area (Å²) in [6.45, 7) is 10.1. The average Bonchev–Trinajstić information content (AvgIpc) is 2.32. The quantitative estimate of drug-likeness (QED) is 0.662. The molecule has 0 saturated heterocycles. The van der Waals surface area contributed by atoms with Crippen LogP contribution in [0.1, 0.15) is 40.5 Å². The minimum atomic E-state index is 0.606. The monoisotopic (exact) mass is 182 g/mol. The Bertz CT molecular complexity index is 208. The van der Waals surface area contributed by atoms with Gasteiger partial charge in [-0.2, -0.15) is 0 Å². The molecule has 1 unspecified atom stereocenters. The van der Waals surface area contributed by atoms with Crippen LogP contribution in [0.5, 0.6) is 0 Å². The Balaban J connectivity index is 2.78. The molecule has 0 radical (unpaired) electrons. The van der Waals surface area contributed by atoms with Gasteiger partial charge in [-0.25, -0.2) is 0 Å². The average molecular weight is 182 g/mol. The Hall–Kier alpha value is -0.660. The summed E-state index contributed by atoms with van der Waals surface area (Å²) in [5.41, 5.74) is 2.88. The van der Waals surface area contributed by atoms with Crippen LogP contribution < -0.4 is 0 Å². The highest BCUT2D eigenvalue weighted by Crippen LogP contribution is 2.29. The first kappa shape index (κ1) is 10.4. The van der Waals surface area contributed by atoms with Crippen LogP contribution in [0.25, 0.3) is 0 Å². The van der Waals surface area contributed by atoms with Crippen LogP contribution in [0.2, 0.25) is 0 Å². The molecule has 0 saturated carbocycles. The standard InChI is InChI=1S/C11H22N2/c1-6-8-11-12(5)9(3)10(4)13(11)7-2/h11H,6-8H2,1-5H3. The zero-order valence-electron chi connectivity index (χ0n) is 9.59. The Morgan fingerprint density at radius 2 is 1.77 bits per heavy atom. The fraction of sp³-hybridized carbons (Fsp3) is 0.818. The van der Waals surface area contributed by atoms with Crippen molar-refractivity contribution in [3.05, 3.63) is 11.4 Å². The van der Waals surface area contributed by atoms with E-state index >= 15 is 0 Å². The van der Waals surface area contributed by atoms with E-state index in [1.807, 2.05) is 0 Å². The molecule has 0 spiro atoms. The number of hydrogen-bond donors (Lipinski definition) is 0. The molecule has 1 atom stereocenters. The first-order valence-electron chi connectivity index (χ1n) is 5.30. The van der Waals surface area contributed by atoms with Gasteiger partial charge in [-0.05, 0) is 27.2 Å². The third-order valence-corrected chi connectivity index (χ3v) is 3.18. The van der Waals surface area contributed by atoms with E-state index in [1.165, 1.54) is 24.2 Å². The SMILES string of the molecule is CCCC1N(C)C(C)=C(C)N1CC. The lowest BCUT2D eigenvalue weighted by molar-refractivity contribution is 0.156. The van der Waals surface area contributed by atoms with Crippen molar-refractivity contribution in [3.63, 3.8) is 0 Å². The van der Waals surface area contributed by atoms with Crippen molar-refractivity contribution >= 4 is 0 Å². The summed E-state index contributed by atoms with van der Waals surface area (Å²) in [5.74, 6) is 0. The molecule has 1 aliphatic heterocycles. The Morgan fingerprint density at radius 3 is 2.23 bits per heavy atom. The Morgan fingerprint density at radius 1 is 1.15 bits per heavy atom. The van der Waals surface area contributed by atoms with Crippen LogP contribution in [-0.2, 0) is 0 Å². The lowest BCUT2D eigenvalue weighted by Crippen LogP contribution is -2.37. The van der Waals surface area contributed by atoms with E-state index in [0.29, 0.717) is 6.17 Å². The van der Waals surface area contributed by atoms with Gasteiger partial charge in [-0.3, -0.25) is 0 Å². The largest absolute Gasteiger partial charge is 0.356 e. The summed E-state index contributed by atoms with van der Waals surface area (Å²) in [4.78, 5) is 4.90. The maximum atomic E-state index is 2.50. The highest BCUT2D eigenvalue weighted by Gasteiger charge is 2.29. The molecule has 13 heavy (non-hydrogen) atoms. The number of rotatable bonds is 3. The minimum Gasteiger partial charge on any atom is -0.356 e. The minimum absolute atomic E-state index is 0.606. The first-order chi connectivity index (χ1) is 6.13. The molecule has 0 bridgehead atoms. The van der Waals surface area contributed by atoms with E-state index in [0.717, 1.165) is 6.54 Å². The van der Waals surface area contributed by atoms with Crippen molar-refractivity contribution in [2.24, 2.45) is 0 Å². The van der Waals surface area contributed by atoms with Gasteiger partial charge in [-0.1, -0.05) is 13.3 Å². The Labute approximate surface area is 82.2 Å². The maximum Gasteiger partial charge on any atom is 0.101 e. The second-order valence-corrected chi connectivity index (χ2v) is 3.84. The molecule has 1 aliphatic rings. The zero-order chi connectivity index (χ0) is 10.0. The van der Waals surface area contributed by atoms with Crippen LogP contribution in [-0.4, -0.2) is 29.6 Å². The van der Waals surface area contributed by atoms with Crippen LogP contribution >= 0.6 is 0 Å². The van der Waals surface area contributed by atoms with Crippen molar-refractivity contribution < 1.29 is 0 Å². The van der Waals surface area contributed by atoms with E-state index in [2.05, 4.69) is 44.5 Å². The second-order valence-electron chi connectivity index (χ2n) is 3.84. The van der Waals surface area contributed by atoms with Gasteiger partial charge in [0.25, 0.3) is 0 Å². The van der Waals surface area contributed by atoms with Crippen molar-refractivity contribution in [1.82, 2.24) is 9.80 Å². The van der Waals surface area contributed by atoms with Crippen LogP contribution in [0.4, 0.5) is 0 Å². The third kappa shape index (κ3) is 1.67. The predicted molar refractivity (Wildman–Crippen MR) is 57.2 cm³/mol. The molecule has 0 aromatic carbocycles. The summed E-state index contributed by atoms with van der Waals surface area (Å²) < 4.78 is 0. The number of nitrogens with zero attached hydrogens (tertiary/aromatic N) is 2. The molecule has 0 aliphatic carbocycles. The van der Waals surface area contributed by atoms with E-state index in [4.69, 9.17) is 0 Å². The van der Waals surface area contributed by atoms with Crippen molar-refractivity contribution in [1.29, 1.82) is 0 Å². The summed E-state index contributed by atoms with van der Waals surface area (Å²) in [6.07, 6.45) is 3.13. The van der Waals surface area contributed by atoms with Gasteiger partial charge in [0.2, 0.25) is 0 Å². The highest BCUT2D eigenvalue weighted by atomic mass is 15.4. The lowest BCUT2D eigenvalue weighted by atomic mass is 10.2. The van der Waals surface area contributed by atoms with E-state index in [-0.39, 0.29) is 0 Å². The van der Waals surface area contributed by atoms with Gasteiger partial charge in [-0.15, -0.1) is 0 Å². The Kier molecular flexibility index (Phi) is 3.23. The van der Waals surface area contributed by atoms with E-state index in [1.54, 1.807) is 0 Å². The second kappa shape index (κ2) is 4.03. The van der Waals surface area contributed by atoms with Gasteiger partial charge < -0.3 is 9.80 Å². The van der Waals surface area contributed by atoms with Gasteiger partial charge in [0.05, 0.1) is 0 Å². The molecule has 2 nitrogen and oxygen atoms in total. The van der Waals surface area contributed by atoms with Gasteiger partial charge in [0.1, 0.15) is 6.17 Å². The number of allylic oxidation sites excluding steroid dienone is 2. The van der Waals surface area contributed by atoms with Gasteiger partial charge in [0, 0.05) is 25.0 Å². The fourth-order valence-electron chi connectivity index (χ4n) is 2.17. The van der Waals surface area contributed by atoms with Crippen LogP contribution in [0.3, 0.4) is 0 Å².